The zero-order chi connectivity index (χ0) is 99.8. The highest BCUT2D eigenvalue weighted by Crippen LogP contribution is 2.39. The van der Waals surface area contributed by atoms with E-state index in [1.165, 1.54) is 133 Å². The Hall–Kier alpha value is -15.6. The fourth-order valence-corrected chi connectivity index (χ4v) is 11.9. The molecule has 36 nitrogen and oxygen atoms in total. The number of nitro benzene ring substituents is 2. The minimum Gasteiger partial charge on any atom is -0.491 e. The molecule has 0 radical (unpaired) electrons. The van der Waals surface area contributed by atoms with Crippen LogP contribution >= 0.6 is 0 Å². The van der Waals surface area contributed by atoms with Gasteiger partial charge in [-0.05, 0) is 255 Å². The van der Waals surface area contributed by atoms with Crippen molar-refractivity contribution in [3.8, 4) is 51.7 Å². The second kappa shape index (κ2) is 50.7. The van der Waals surface area contributed by atoms with E-state index in [1.54, 1.807) is 77.9 Å². The molecular weight excluding hydrogens is 1740 g/mol. The molecule has 9 rings (SSSR count). The second-order valence-corrected chi connectivity index (χ2v) is 32.5. The molecule has 0 aliphatic carbocycles. The van der Waals surface area contributed by atoms with Gasteiger partial charge in [0.25, 0.3) is 35.4 Å². The zero-order valence-corrected chi connectivity index (χ0v) is 78.7. The summed E-state index contributed by atoms with van der Waals surface area (Å²) in [6.45, 7) is 36.9. The summed E-state index contributed by atoms with van der Waals surface area (Å²) in [5, 5.41) is 42.4. The number of rotatable bonds is 43. The average molecular weight is 1860 g/mol. The molecule has 0 saturated heterocycles. The molecule has 0 aromatic heterocycles. The van der Waals surface area contributed by atoms with Crippen molar-refractivity contribution in [2.75, 3.05) is 57.0 Å². The lowest BCUT2D eigenvalue weighted by molar-refractivity contribution is -0.386. The Kier molecular flexibility index (Phi) is 40.0. The number of amides is 9. The molecule has 0 spiro atoms. The van der Waals surface area contributed by atoms with Crippen molar-refractivity contribution in [1.29, 1.82) is 0 Å². The van der Waals surface area contributed by atoms with Gasteiger partial charge in [0, 0.05) is 68.8 Å². The van der Waals surface area contributed by atoms with E-state index >= 15 is 0 Å². The molecule has 718 valence electrons. The lowest BCUT2D eigenvalue weighted by atomic mass is 10.1. The molecule has 36 heteroatoms. The molecule has 135 heavy (non-hydrogen) atoms. The van der Waals surface area contributed by atoms with Crippen LogP contribution in [0.15, 0.2) is 176 Å². The normalized spacial score (nSPS) is 11.5. The van der Waals surface area contributed by atoms with E-state index in [9.17, 15) is 68.2 Å². The molecular formula is C99H118N12O24. The summed E-state index contributed by atoms with van der Waals surface area (Å²) in [4.78, 5) is 149. The van der Waals surface area contributed by atoms with Crippen molar-refractivity contribution >= 4 is 110 Å². The molecule has 9 aromatic carbocycles. The number of anilines is 7. The van der Waals surface area contributed by atoms with Gasteiger partial charge >= 0.3 is 17.3 Å². The number of nitro groups is 2. The van der Waals surface area contributed by atoms with Crippen molar-refractivity contribution in [1.82, 2.24) is 0 Å². The predicted octanol–water partition coefficient (Wildman–Crippen LogP) is 18.3. The first-order valence-electron chi connectivity index (χ1n) is 43.7. The molecule has 9 amide bonds. The van der Waals surface area contributed by atoms with Crippen LogP contribution < -0.4 is 97.1 Å². The summed E-state index contributed by atoms with van der Waals surface area (Å²) in [5.74, 6) is -3.18. The van der Waals surface area contributed by atoms with Crippen molar-refractivity contribution in [3.63, 3.8) is 0 Å². The topological polar surface area (TPSA) is 512 Å². The number of ether oxygens (including phenoxy) is 10. The number of carbonyl (C=O) groups excluding carboxylic acids is 10. The minimum atomic E-state index is -0.632. The van der Waals surface area contributed by atoms with E-state index in [4.69, 9.17) is 64.6 Å². The average Bonchev–Trinajstić information content (AvgIpc) is 0.810. The molecule has 3 atom stereocenters. The van der Waals surface area contributed by atoms with Crippen LogP contribution in [0.1, 0.15) is 237 Å². The minimum absolute atomic E-state index is 0.00928. The van der Waals surface area contributed by atoms with E-state index in [2.05, 4.69) is 43.8 Å². The summed E-state index contributed by atoms with van der Waals surface area (Å²) >= 11 is 0. The van der Waals surface area contributed by atoms with Crippen LogP contribution in [0.5, 0.6) is 51.7 Å². The summed E-state index contributed by atoms with van der Waals surface area (Å²) < 4.78 is 57.7. The zero-order valence-electron chi connectivity index (χ0n) is 78.7. The number of esters is 1. The first kappa shape index (κ1) is 106. The van der Waals surface area contributed by atoms with Gasteiger partial charge in [0.1, 0.15) is 46.9 Å². The molecule has 0 aliphatic heterocycles. The molecule has 0 bridgehead atoms. The van der Waals surface area contributed by atoms with Gasteiger partial charge < -0.3 is 102 Å². The molecule has 13 N–H and O–H groups in total. The van der Waals surface area contributed by atoms with Gasteiger partial charge in [-0.25, -0.2) is 4.79 Å². The third-order valence-corrected chi connectivity index (χ3v) is 18.9. The lowest BCUT2D eigenvalue weighted by Gasteiger charge is -2.19. The van der Waals surface area contributed by atoms with Crippen molar-refractivity contribution < 1.29 is 105 Å². The first-order chi connectivity index (χ1) is 63.9. The maximum absolute atomic E-state index is 13.5. The van der Waals surface area contributed by atoms with Crippen LogP contribution in [-0.4, -0.2) is 138 Å². The maximum Gasteiger partial charge on any atom is 0.338 e. The molecule has 0 heterocycles. The fourth-order valence-electron chi connectivity index (χ4n) is 11.9. The summed E-state index contributed by atoms with van der Waals surface area (Å²) in [6.07, 6.45) is 1.33. The Labute approximate surface area is 783 Å². The maximum atomic E-state index is 13.5. The van der Waals surface area contributed by atoms with Crippen molar-refractivity contribution in [2.45, 2.75) is 193 Å². The van der Waals surface area contributed by atoms with Crippen molar-refractivity contribution in [2.24, 2.45) is 23.1 Å². The Morgan fingerprint density at radius 3 is 0.822 bits per heavy atom. The van der Waals surface area contributed by atoms with Gasteiger partial charge in [0.05, 0.1) is 117 Å². The molecule has 0 aliphatic rings. The Balaban J connectivity index is 0.000000277. The van der Waals surface area contributed by atoms with Gasteiger partial charge in [0.15, 0.2) is 11.5 Å². The predicted molar refractivity (Wildman–Crippen MR) is 515 cm³/mol. The molecule has 9 aromatic rings. The Morgan fingerprint density at radius 2 is 0.563 bits per heavy atom. The number of nitrogens with zero attached hydrogens (tertiary/aromatic N) is 2. The van der Waals surface area contributed by atoms with Gasteiger partial charge in [-0.15, -0.1) is 0 Å². The number of carbonyl (C=O) groups is 10. The Bertz CT molecular complexity index is 5790. The number of benzene rings is 9. The van der Waals surface area contributed by atoms with Crippen LogP contribution in [0.2, 0.25) is 0 Å². The third kappa shape index (κ3) is 32.4. The highest BCUT2D eigenvalue weighted by Gasteiger charge is 2.28. The van der Waals surface area contributed by atoms with Crippen LogP contribution in [0.3, 0.4) is 0 Å². The number of nitrogens with one attached hydrogen (secondary N) is 7. The monoisotopic (exact) mass is 1860 g/mol. The van der Waals surface area contributed by atoms with Crippen LogP contribution in [0.25, 0.3) is 0 Å². The summed E-state index contributed by atoms with van der Waals surface area (Å²) in [7, 11) is 0. The number of primary amides is 2. The standard InChI is InChI=1S/C36H44N4O8.C32H38N4O8.C31H36N4O8/c1-8-16-45-36(44)26-12-15-28(31(19-26)47-22(5)6)39-35(43)25-11-14-29(32(18-25)48-23(7)9-2)40-34(42)24-10-13-27(38-33(41)20-37)30(17-24)46-21(3)4;1-7-20(6)44-29-16-23(10-13-26(29)36(40)41)32(39)34-24-12-9-22(15-27(24)42-17-18(2)3)31(38)35-25-11-8-21(30(33)37)14-28(25)43-19(4)5;1-7-19(6)43-28-16-22(10-13-25(28)35(39)40)31(38)34-24-12-9-21(15-27(24)42-18(4)5)30(37)33-23-11-8-20(29(32)36)14-26(23)41-17(2)3/h8,10-15,17-19,21-23H,1,9,16,20,37H2,2-7H3,(H,38,41)(H,39,43)(H,40,42);8-16,18-20H,7,17H2,1-6H3,(H2,33,37)(H,34,39)(H,35,38);8-19H,7H2,1-6H3,(H2,32,36)(H,33,37)(H,34,38). The van der Waals surface area contributed by atoms with Gasteiger partial charge in [-0.1, -0.05) is 47.3 Å². The third-order valence-electron chi connectivity index (χ3n) is 18.9. The molecule has 0 saturated carbocycles. The van der Waals surface area contributed by atoms with Gasteiger partial charge in [-0.3, -0.25) is 63.4 Å². The van der Waals surface area contributed by atoms with E-state index in [0.29, 0.717) is 71.5 Å². The largest absolute Gasteiger partial charge is 0.491 e. The smallest absolute Gasteiger partial charge is 0.338 e. The Morgan fingerprint density at radius 1 is 0.333 bits per heavy atom. The molecule has 0 fully saturated rings. The van der Waals surface area contributed by atoms with E-state index < -0.39 is 69.0 Å². The number of hydrogen-bond donors (Lipinski definition) is 10. The van der Waals surface area contributed by atoms with Crippen LogP contribution in [0, 0.1) is 26.1 Å². The summed E-state index contributed by atoms with van der Waals surface area (Å²) in [6, 6.07) is 39.7. The lowest BCUT2D eigenvalue weighted by Crippen LogP contribution is -2.23. The summed E-state index contributed by atoms with van der Waals surface area (Å²) in [5.41, 5.74) is 20.0. The fraction of sp³-hybridized carbons (Fsp3) is 0.333. The molecule has 3 unspecified atom stereocenters. The number of nitrogens with two attached hydrogens (primary N) is 3. The highest BCUT2D eigenvalue weighted by molar-refractivity contribution is 6.12. The number of hydrogen-bond acceptors (Lipinski definition) is 25. The van der Waals surface area contributed by atoms with Gasteiger partial charge in [-0.2, -0.15) is 0 Å². The second-order valence-electron chi connectivity index (χ2n) is 32.5. The SMILES string of the molecule is C=CCOC(=O)c1ccc(NC(=O)c2ccc(NC(=O)c3ccc(NC(=O)CN)c(OC(C)C)c3)c(OC(C)CC)c2)c(OC(C)C)c1.CCC(C)Oc1cc(C(=O)Nc2ccc(C(=O)Nc3ccc(C(N)=O)cc3OC(C)C)cc2OC(C)C)ccc1[N+](=O)[O-].CCC(C)Oc1cc(C(=O)Nc2ccc(C(=O)Nc3ccc(C(N)=O)cc3OC(C)C)cc2OCC(C)C)ccc1[N+](=O)[O-]. The van der Waals surface area contributed by atoms with Crippen LogP contribution in [0.4, 0.5) is 51.2 Å². The van der Waals surface area contributed by atoms with E-state index in [0.717, 1.165) is 0 Å². The van der Waals surface area contributed by atoms with Crippen molar-refractivity contribution in [3.05, 3.63) is 247 Å². The highest BCUT2D eigenvalue weighted by atomic mass is 16.6. The van der Waals surface area contributed by atoms with Gasteiger partial charge in [0.2, 0.25) is 17.7 Å². The quantitative estimate of drug-likeness (QED) is 0.00734. The van der Waals surface area contributed by atoms with E-state index in [-0.39, 0.29) is 175 Å². The first-order valence-corrected chi connectivity index (χ1v) is 43.7. The van der Waals surface area contributed by atoms with Crippen LogP contribution in [-0.2, 0) is 9.53 Å². The van der Waals surface area contributed by atoms with E-state index in [1.807, 2.05) is 83.1 Å².